The molecule has 0 aliphatic carbocycles. The average Bonchev–Trinajstić information content (AvgIpc) is 2.25. The van der Waals surface area contributed by atoms with E-state index in [1.54, 1.807) is 0 Å². The van der Waals surface area contributed by atoms with Gasteiger partial charge in [-0.3, -0.25) is 0 Å². The van der Waals surface area contributed by atoms with Gasteiger partial charge in [0.25, 0.3) is 0 Å². The number of aliphatic hydroxyl groups excluding tert-OH is 2. The Hall–Kier alpha value is -1.30. The molecule has 0 aromatic heterocycles. The molecule has 0 atom stereocenters. The molecule has 0 saturated heterocycles. The Morgan fingerprint density at radius 1 is 1.38 bits per heavy atom. The Morgan fingerprint density at radius 2 is 2.00 bits per heavy atom. The maximum absolute atomic E-state index is 10.7. The SMILES string of the molecule is O=C(O)c1ccc(NC(CO)CO)cc1Cl. The minimum absolute atomic E-state index is 0.0109. The van der Waals surface area contributed by atoms with Gasteiger partial charge < -0.3 is 20.6 Å². The third-order valence-electron chi connectivity index (χ3n) is 2.01. The standard InChI is InChI=1S/C10H12ClNO4/c11-9-3-6(12-7(4-13)5-14)1-2-8(9)10(15)16/h1-3,7,12-14H,4-5H2,(H,15,16). The molecule has 88 valence electrons. The highest BCUT2D eigenvalue weighted by Gasteiger charge is 2.10. The summed E-state index contributed by atoms with van der Waals surface area (Å²) in [6.45, 7) is -0.455. The van der Waals surface area contributed by atoms with E-state index in [9.17, 15) is 4.79 Å². The fraction of sp³-hybridized carbons (Fsp3) is 0.300. The van der Waals surface area contributed by atoms with E-state index in [1.165, 1.54) is 18.2 Å². The maximum Gasteiger partial charge on any atom is 0.337 e. The Kier molecular flexibility index (Phi) is 4.54. The highest BCUT2D eigenvalue weighted by molar-refractivity contribution is 6.33. The van der Waals surface area contributed by atoms with Crippen LogP contribution in [0.4, 0.5) is 5.69 Å². The Labute approximate surface area is 97.3 Å². The van der Waals surface area contributed by atoms with Crippen molar-refractivity contribution in [3.63, 3.8) is 0 Å². The molecule has 0 amide bonds. The van der Waals surface area contributed by atoms with E-state index in [0.29, 0.717) is 5.69 Å². The lowest BCUT2D eigenvalue weighted by molar-refractivity contribution is 0.0697. The first-order valence-corrected chi connectivity index (χ1v) is 4.97. The first-order chi connectivity index (χ1) is 7.58. The number of aromatic carboxylic acids is 1. The summed E-state index contributed by atoms with van der Waals surface area (Å²) in [5, 5.41) is 29.4. The number of carboxylic acid groups (broad SMARTS) is 1. The van der Waals surface area contributed by atoms with E-state index in [-0.39, 0.29) is 23.8 Å². The van der Waals surface area contributed by atoms with Gasteiger partial charge in [-0.25, -0.2) is 4.79 Å². The van der Waals surface area contributed by atoms with Crippen molar-refractivity contribution >= 4 is 23.3 Å². The second-order valence-electron chi connectivity index (χ2n) is 3.21. The molecule has 0 radical (unpaired) electrons. The van der Waals surface area contributed by atoms with Gasteiger partial charge in [-0.2, -0.15) is 0 Å². The molecular formula is C10H12ClNO4. The lowest BCUT2D eigenvalue weighted by Crippen LogP contribution is -2.27. The van der Waals surface area contributed by atoms with E-state index >= 15 is 0 Å². The number of nitrogens with one attached hydrogen (secondary N) is 1. The van der Waals surface area contributed by atoms with Crippen molar-refractivity contribution in [3.8, 4) is 0 Å². The van der Waals surface area contributed by atoms with Crippen molar-refractivity contribution in [1.29, 1.82) is 0 Å². The van der Waals surface area contributed by atoms with Gasteiger partial charge in [0.1, 0.15) is 0 Å². The van der Waals surface area contributed by atoms with Crippen LogP contribution in [0, 0.1) is 0 Å². The van der Waals surface area contributed by atoms with Crippen molar-refractivity contribution in [1.82, 2.24) is 0 Å². The normalized spacial score (nSPS) is 10.5. The van der Waals surface area contributed by atoms with Crippen LogP contribution in [0.25, 0.3) is 0 Å². The summed E-state index contributed by atoms with van der Waals surface area (Å²) in [4.78, 5) is 10.7. The van der Waals surface area contributed by atoms with Crippen molar-refractivity contribution in [2.75, 3.05) is 18.5 Å². The molecule has 6 heteroatoms. The second kappa shape index (κ2) is 5.69. The monoisotopic (exact) mass is 245 g/mol. The molecule has 16 heavy (non-hydrogen) atoms. The van der Waals surface area contributed by atoms with Gasteiger partial charge in [-0.05, 0) is 18.2 Å². The number of aliphatic hydroxyl groups is 2. The van der Waals surface area contributed by atoms with Gasteiger partial charge in [0, 0.05) is 5.69 Å². The first-order valence-electron chi connectivity index (χ1n) is 4.59. The molecule has 4 N–H and O–H groups in total. The number of anilines is 1. The molecule has 5 nitrogen and oxygen atoms in total. The third-order valence-corrected chi connectivity index (χ3v) is 2.32. The van der Waals surface area contributed by atoms with Crippen LogP contribution in [0.2, 0.25) is 5.02 Å². The van der Waals surface area contributed by atoms with Crippen molar-refractivity contribution in [2.45, 2.75) is 6.04 Å². The predicted octanol–water partition coefficient (Wildman–Crippen LogP) is 0.803. The van der Waals surface area contributed by atoms with E-state index in [4.69, 9.17) is 26.9 Å². The van der Waals surface area contributed by atoms with Crippen LogP contribution in [-0.2, 0) is 0 Å². The fourth-order valence-corrected chi connectivity index (χ4v) is 1.42. The summed E-state index contributed by atoms with van der Waals surface area (Å²) in [7, 11) is 0. The lowest BCUT2D eigenvalue weighted by Gasteiger charge is -2.15. The fourth-order valence-electron chi connectivity index (χ4n) is 1.16. The number of carboxylic acids is 1. The highest BCUT2D eigenvalue weighted by atomic mass is 35.5. The Balaban J connectivity index is 2.84. The summed E-state index contributed by atoms with van der Waals surface area (Å²) >= 11 is 5.75. The van der Waals surface area contributed by atoms with Gasteiger partial charge in [-0.15, -0.1) is 0 Å². The van der Waals surface area contributed by atoms with Crippen molar-refractivity contribution in [3.05, 3.63) is 28.8 Å². The molecule has 1 aromatic rings. The van der Waals surface area contributed by atoms with Crippen molar-refractivity contribution < 1.29 is 20.1 Å². The largest absolute Gasteiger partial charge is 0.478 e. The summed E-state index contributed by atoms with van der Waals surface area (Å²) in [6.07, 6.45) is 0. The highest BCUT2D eigenvalue weighted by Crippen LogP contribution is 2.21. The molecule has 0 saturated carbocycles. The molecule has 0 unspecified atom stereocenters. The number of hydrogen-bond acceptors (Lipinski definition) is 4. The third kappa shape index (κ3) is 3.10. The van der Waals surface area contributed by atoms with Crippen LogP contribution in [0.5, 0.6) is 0 Å². The molecule has 0 aliphatic rings. The molecule has 0 fully saturated rings. The first kappa shape index (κ1) is 12.8. The van der Waals surface area contributed by atoms with Gasteiger partial charge in [0.2, 0.25) is 0 Å². The second-order valence-corrected chi connectivity index (χ2v) is 3.61. The van der Waals surface area contributed by atoms with Crippen LogP contribution in [0.3, 0.4) is 0 Å². The van der Waals surface area contributed by atoms with Crippen LogP contribution >= 0.6 is 11.6 Å². The van der Waals surface area contributed by atoms with Gasteiger partial charge in [0.05, 0.1) is 29.8 Å². The zero-order chi connectivity index (χ0) is 12.1. The van der Waals surface area contributed by atoms with Gasteiger partial charge in [-0.1, -0.05) is 11.6 Å². The molecule has 0 spiro atoms. The number of benzene rings is 1. The minimum Gasteiger partial charge on any atom is -0.478 e. The van der Waals surface area contributed by atoms with E-state index < -0.39 is 12.0 Å². The quantitative estimate of drug-likeness (QED) is 0.616. The van der Waals surface area contributed by atoms with Crippen LogP contribution in [0.15, 0.2) is 18.2 Å². The summed E-state index contributed by atoms with van der Waals surface area (Å²) in [5.41, 5.74) is 0.555. The van der Waals surface area contributed by atoms with Crippen molar-refractivity contribution in [2.24, 2.45) is 0 Å². The lowest BCUT2D eigenvalue weighted by atomic mass is 10.2. The number of halogens is 1. The molecule has 0 bridgehead atoms. The zero-order valence-electron chi connectivity index (χ0n) is 8.35. The summed E-state index contributed by atoms with van der Waals surface area (Å²) < 4.78 is 0. The van der Waals surface area contributed by atoms with Gasteiger partial charge in [0.15, 0.2) is 0 Å². The zero-order valence-corrected chi connectivity index (χ0v) is 9.11. The number of carbonyl (C=O) groups is 1. The molecular weight excluding hydrogens is 234 g/mol. The smallest absolute Gasteiger partial charge is 0.337 e. The molecule has 0 aliphatic heterocycles. The average molecular weight is 246 g/mol. The van der Waals surface area contributed by atoms with Crippen LogP contribution in [-0.4, -0.2) is 40.5 Å². The minimum atomic E-state index is -1.10. The molecule has 1 aromatic carbocycles. The topological polar surface area (TPSA) is 89.8 Å². The van der Waals surface area contributed by atoms with Gasteiger partial charge >= 0.3 is 5.97 Å². The van der Waals surface area contributed by atoms with Crippen LogP contribution in [0.1, 0.15) is 10.4 Å². The van der Waals surface area contributed by atoms with Crippen LogP contribution < -0.4 is 5.32 Å². The summed E-state index contributed by atoms with van der Waals surface area (Å²) in [6, 6.07) is 3.82. The van der Waals surface area contributed by atoms with E-state index in [1.807, 2.05) is 0 Å². The number of rotatable bonds is 5. The number of hydrogen-bond donors (Lipinski definition) is 4. The van der Waals surface area contributed by atoms with E-state index in [2.05, 4.69) is 5.32 Å². The Bertz CT molecular complexity index is 379. The molecule has 1 rings (SSSR count). The van der Waals surface area contributed by atoms with E-state index in [0.717, 1.165) is 0 Å². The predicted molar refractivity (Wildman–Crippen MR) is 60.0 cm³/mol. The summed E-state index contributed by atoms with van der Waals surface area (Å²) in [5.74, 6) is -1.10. The maximum atomic E-state index is 10.7. The Morgan fingerprint density at radius 3 is 2.44 bits per heavy atom. The molecule has 0 heterocycles.